The summed E-state index contributed by atoms with van der Waals surface area (Å²) in [5, 5.41) is 8.57. The third-order valence-electron chi connectivity index (χ3n) is 3.44. The number of benzene rings is 1. The van der Waals surface area contributed by atoms with Crippen molar-refractivity contribution in [2.45, 2.75) is 6.92 Å². The van der Waals surface area contributed by atoms with Crippen molar-refractivity contribution in [3.8, 4) is 11.5 Å². The summed E-state index contributed by atoms with van der Waals surface area (Å²) in [6.07, 6.45) is 1.52. The number of hydrogen-bond acceptors (Lipinski definition) is 6. The Kier molecular flexibility index (Phi) is 3.54. The zero-order valence-electron chi connectivity index (χ0n) is 12.9. The van der Waals surface area contributed by atoms with Crippen LogP contribution in [-0.2, 0) is 7.05 Å². The Hall–Kier alpha value is -2.83. The first-order valence-corrected chi connectivity index (χ1v) is 6.77. The third kappa shape index (κ3) is 2.30. The number of anilines is 2. The minimum absolute atomic E-state index is 0.653. The Morgan fingerprint density at radius 2 is 1.86 bits per heavy atom. The van der Waals surface area contributed by atoms with Crippen molar-refractivity contribution in [3.05, 3.63) is 30.2 Å². The molecule has 0 unspecified atom stereocenters. The summed E-state index contributed by atoms with van der Waals surface area (Å²) < 4.78 is 12.3. The molecular formula is C15H17N5O2. The van der Waals surface area contributed by atoms with Gasteiger partial charge in [0.2, 0.25) is 0 Å². The summed E-state index contributed by atoms with van der Waals surface area (Å²) in [6, 6.07) is 5.61. The molecular weight excluding hydrogens is 282 g/mol. The molecule has 0 aliphatic heterocycles. The average molecular weight is 299 g/mol. The van der Waals surface area contributed by atoms with E-state index in [-0.39, 0.29) is 0 Å². The van der Waals surface area contributed by atoms with Gasteiger partial charge in [-0.15, -0.1) is 0 Å². The average Bonchev–Trinajstić information content (AvgIpc) is 2.83. The standard InChI is InChI=1S/C15H17N5O2/c1-9-13-14(16-8-17-15(13)20(2)19-9)18-10-5-6-11(21-3)12(7-10)22-4/h5-8H,1-4H3,(H,16,17,18). The Morgan fingerprint density at radius 3 is 2.59 bits per heavy atom. The minimum atomic E-state index is 0.653. The van der Waals surface area contributed by atoms with Crippen molar-refractivity contribution in [1.82, 2.24) is 19.7 Å². The maximum Gasteiger partial charge on any atom is 0.163 e. The molecule has 0 radical (unpaired) electrons. The van der Waals surface area contributed by atoms with E-state index < -0.39 is 0 Å². The van der Waals surface area contributed by atoms with Crippen LogP contribution in [0, 0.1) is 6.92 Å². The van der Waals surface area contributed by atoms with E-state index in [0.717, 1.165) is 22.4 Å². The molecule has 1 aromatic carbocycles. The van der Waals surface area contributed by atoms with Crippen LogP contribution in [0.15, 0.2) is 24.5 Å². The number of rotatable bonds is 4. The normalized spacial score (nSPS) is 10.7. The summed E-state index contributed by atoms with van der Waals surface area (Å²) in [7, 11) is 5.08. The number of nitrogens with zero attached hydrogens (tertiary/aromatic N) is 4. The van der Waals surface area contributed by atoms with E-state index in [4.69, 9.17) is 9.47 Å². The molecule has 114 valence electrons. The summed E-state index contributed by atoms with van der Waals surface area (Å²) >= 11 is 0. The molecule has 0 atom stereocenters. The lowest BCUT2D eigenvalue weighted by atomic mass is 10.2. The highest BCUT2D eigenvalue weighted by molar-refractivity contribution is 5.91. The van der Waals surface area contributed by atoms with Gasteiger partial charge in [-0.25, -0.2) is 9.97 Å². The third-order valence-corrected chi connectivity index (χ3v) is 3.44. The van der Waals surface area contributed by atoms with Gasteiger partial charge in [-0.3, -0.25) is 4.68 Å². The fourth-order valence-electron chi connectivity index (χ4n) is 2.42. The summed E-state index contributed by atoms with van der Waals surface area (Å²) in [4.78, 5) is 8.60. The zero-order valence-corrected chi connectivity index (χ0v) is 12.9. The number of hydrogen-bond donors (Lipinski definition) is 1. The van der Waals surface area contributed by atoms with Crippen LogP contribution >= 0.6 is 0 Å². The molecule has 2 heterocycles. The quantitative estimate of drug-likeness (QED) is 0.797. The molecule has 0 saturated carbocycles. The van der Waals surface area contributed by atoms with Gasteiger partial charge < -0.3 is 14.8 Å². The Balaban J connectivity index is 2.03. The van der Waals surface area contributed by atoms with Gasteiger partial charge in [0.05, 0.1) is 25.3 Å². The van der Waals surface area contributed by atoms with E-state index in [0.29, 0.717) is 17.3 Å². The highest BCUT2D eigenvalue weighted by Crippen LogP contribution is 2.32. The Bertz CT molecular complexity index is 828. The van der Waals surface area contributed by atoms with Gasteiger partial charge >= 0.3 is 0 Å². The van der Waals surface area contributed by atoms with Crippen LogP contribution in [0.3, 0.4) is 0 Å². The first kappa shape index (κ1) is 14.1. The van der Waals surface area contributed by atoms with Crippen LogP contribution in [0.5, 0.6) is 11.5 Å². The first-order valence-electron chi connectivity index (χ1n) is 6.77. The largest absolute Gasteiger partial charge is 0.493 e. The fourth-order valence-corrected chi connectivity index (χ4v) is 2.42. The predicted molar refractivity (Wildman–Crippen MR) is 83.9 cm³/mol. The molecule has 0 amide bonds. The van der Waals surface area contributed by atoms with Crippen molar-refractivity contribution in [3.63, 3.8) is 0 Å². The maximum atomic E-state index is 5.32. The second-order valence-electron chi connectivity index (χ2n) is 4.82. The van der Waals surface area contributed by atoms with Crippen molar-refractivity contribution >= 4 is 22.5 Å². The number of nitrogens with one attached hydrogen (secondary N) is 1. The van der Waals surface area contributed by atoms with Crippen molar-refractivity contribution in [2.24, 2.45) is 7.05 Å². The van der Waals surface area contributed by atoms with E-state index in [9.17, 15) is 0 Å². The minimum Gasteiger partial charge on any atom is -0.493 e. The summed E-state index contributed by atoms with van der Waals surface area (Å²) in [5.74, 6) is 2.04. The van der Waals surface area contributed by atoms with Crippen molar-refractivity contribution in [2.75, 3.05) is 19.5 Å². The van der Waals surface area contributed by atoms with Gasteiger partial charge in [0.25, 0.3) is 0 Å². The van der Waals surface area contributed by atoms with E-state index >= 15 is 0 Å². The lowest BCUT2D eigenvalue weighted by Crippen LogP contribution is -1.98. The van der Waals surface area contributed by atoms with Crippen LogP contribution < -0.4 is 14.8 Å². The van der Waals surface area contributed by atoms with E-state index in [1.807, 2.05) is 32.2 Å². The molecule has 0 aliphatic carbocycles. The number of fused-ring (bicyclic) bond motifs is 1. The molecule has 3 aromatic rings. The molecule has 7 heteroatoms. The topological polar surface area (TPSA) is 74.1 Å². The zero-order chi connectivity index (χ0) is 15.7. The monoisotopic (exact) mass is 299 g/mol. The SMILES string of the molecule is COc1ccc(Nc2ncnc3c2c(C)nn3C)cc1OC. The summed E-state index contributed by atoms with van der Waals surface area (Å²) in [5.41, 5.74) is 2.51. The number of aromatic nitrogens is 4. The molecule has 0 aliphatic rings. The van der Waals surface area contributed by atoms with E-state index in [1.165, 1.54) is 6.33 Å². The number of aryl methyl sites for hydroxylation is 2. The van der Waals surface area contributed by atoms with Crippen LogP contribution in [0.25, 0.3) is 11.0 Å². The van der Waals surface area contributed by atoms with Gasteiger partial charge in [-0.1, -0.05) is 0 Å². The van der Waals surface area contributed by atoms with Gasteiger partial charge in [0.15, 0.2) is 17.1 Å². The molecule has 3 rings (SSSR count). The smallest absolute Gasteiger partial charge is 0.163 e. The predicted octanol–water partition coefficient (Wildman–Crippen LogP) is 2.43. The second kappa shape index (κ2) is 5.51. The lowest BCUT2D eigenvalue weighted by Gasteiger charge is -2.11. The summed E-state index contributed by atoms with van der Waals surface area (Å²) in [6.45, 7) is 1.94. The fraction of sp³-hybridized carbons (Fsp3) is 0.267. The Morgan fingerprint density at radius 1 is 1.09 bits per heavy atom. The van der Waals surface area contributed by atoms with Crippen LogP contribution in [0.4, 0.5) is 11.5 Å². The molecule has 22 heavy (non-hydrogen) atoms. The molecule has 2 aromatic heterocycles. The molecule has 7 nitrogen and oxygen atoms in total. The maximum absolute atomic E-state index is 5.32. The molecule has 0 fully saturated rings. The van der Waals surface area contributed by atoms with Gasteiger partial charge in [0, 0.05) is 18.8 Å². The number of ether oxygens (including phenoxy) is 2. The van der Waals surface area contributed by atoms with Crippen molar-refractivity contribution in [1.29, 1.82) is 0 Å². The van der Waals surface area contributed by atoms with Crippen LogP contribution in [-0.4, -0.2) is 34.0 Å². The molecule has 1 N–H and O–H groups in total. The highest BCUT2D eigenvalue weighted by Gasteiger charge is 2.13. The molecule has 0 spiro atoms. The Labute approximate surface area is 127 Å². The molecule has 0 bridgehead atoms. The van der Waals surface area contributed by atoms with Gasteiger partial charge in [-0.2, -0.15) is 5.10 Å². The highest BCUT2D eigenvalue weighted by atomic mass is 16.5. The number of methoxy groups -OCH3 is 2. The van der Waals surface area contributed by atoms with Gasteiger partial charge in [-0.05, 0) is 19.1 Å². The van der Waals surface area contributed by atoms with Crippen LogP contribution in [0.2, 0.25) is 0 Å². The van der Waals surface area contributed by atoms with Gasteiger partial charge in [0.1, 0.15) is 12.1 Å². The lowest BCUT2D eigenvalue weighted by molar-refractivity contribution is 0.355. The molecule has 0 saturated heterocycles. The first-order chi connectivity index (χ1) is 10.6. The van der Waals surface area contributed by atoms with E-state index in [2.05, 4.69) is 20.4 Å². The van der Waals surface area contributed by atoms with E-state index in [1.54, 1.807) is 18.9 Å². The van der Waals surface area contributed by atoms with Crippen molar-refractivity contribution < 1.29 is 9.47 Å². The second-order valence-corrected chi connectivity index (χ2v) is 4.82. The van der Waals surface area contributed by atoms with Crippen LogP contribution in [0.1, 0.15) is 5.69 Å².